The van der Waals surface area contributed by atoms with E-state index < -0.39 is 17.6 Å². The van der Waals surface area contributed by atoms with Crippen molar-refractivity contribution in [1.82, 2.24) is 4.98 Å². The summed E-state index contributed by atoms with van der Waals surface area (Å²) in [7, 11) is 0. The van der Waals surface area contributed by atoms with Crippen molar-refractivity contribution >= 4 is 5.69 Å². The van der Waals surface area contributed by atoms with Gasteiger partial charge < -0.3 is 5.32 Å². The number of nitrogens with zero attached hydrogens (tertiary/aromatic N) is 1. The molecule has 0 bridgehead atoms. The monoisotopic (exact) mass is 284 g/mol. The molecule has 0 radical (unpaired) electrons. The molecule has 1 aromatic carbocycles. The van der Waals surface area contributed by atoms with Crippen LogP contribution in [0.25, 0.3) is 0 Å². The van der Waals surface area contributed by atoms with Crippen LogP contribution in [-0.2, 0) is 12.7 Å². The van der Waals surface area contributed by atoms with Crippen molar-refractivity contribution in [1.29, 1.82) is 0 Å². The van der Waals surface area contributed by atoms with E-state index >= 15 is 0 Å². The Bertz CT molecular complexity index is 608. The summed E-state index contributed by atoms with van der Waals surface area (Å²) in [6.45, 7) is 2.09. The van der Waals surface area contributed by atoms with Gasteiger partial charge in [0, 0.05) is 11.4 Å². The van der Waals surface area contributed by atoms with Crippen LogP contribution in [0.4, 0.5) is 23.2 Å². The summed E-state index contributed by atoms with van der Waals surface area (Å²) < 4.78 is 50.8. The quantitative estimate of drug-likeness (QED) is 0.856. The number of rotatable bonds is 3. The summed E-state index contributed by atoms with van der Waals surface area (Å²) in [6.07, 6.45) is -4.71. The van der Waals surface area contributed by atoms with Crippen LogP contribution >= 0.6 is 0 Å². The van der Waals surface area contributed by atoms with Crippen molar-refractivity contribution in [2.24, 2.45) is 0 Å². The molecule has 106 valence electrons. The molecule has 0 aliphatic heterocycles. The SMILES string of the molecule is Cc1cccc(CNc2ccc(F)c(C(F)(F)F)c2)n1. The molecule has 0 saturated carbocycles. The number of halogens is 4. The van der Waals surface area contributed by atoms with Gasteiger partial charge in [-0.15, -0.1) is 0 Å². The van der Waals surface area contributed by atoms with Crippen LogP contribution in [-0.4, -0.2) is 4.98 Å². The smallest absolute Gasteiger partial charge is 0.379 e. The minimum absolute atomic E-state index is 0.196. The fourth-order valence-corrected chi connectivity index (χ4v) is 1.74. The summed E-state index contributed by atoms with van der Waals surface area (Å²) in [4.78, 5) is 4.22. The second-order valence-corrected chi connectivity index (χ2v) is 4.32. The average Bonchev–Trinajstić information content (AvgIpc) is 2.36. The van der Waals surface area contributed by atoms with Gasteiger partial charge in [-0.3, -0.25) is 4.98 Å². The second-order valence-electron chi connectivity index (χ2n) is 4.32. The summed E-state index contributed by atoms with van der Waals surface area (Å²) in [5.41, 5.74) is 0.434. The van der Waals surface area contributed by atoms with Crippen molar-refractivity contribution in [2.75, 3.05) is 5.32 Å². The maximum Gasteiger partial charge on any atom is 0.419 e. The van der Waals surface area contributed by atoms with Gasteiger partial charge in [0.2, 0.25) is 0 Å². The highest BCUT2D eigenvalue weighted by Gasteiger charge is 2.34. The number of alkyl halides is 3. The lowest BCUT2D eigenvalue weighted by atomic mass is 10.1. The Hall–Kier alpha value is -2.11. The van der Waals surface area contributed by atoms with E-state index in [0.29, 0.717) is 5.69 Å². The Morgan fingerprint density at radius 2 is 1.90 bits per heavy atom. The molecule has 0 fully saturated rings. The molecule has 20 heavy (non-hydrogen) atoms. The normalized spacial score (nSPS) is 11.4. The van der Waals surface area contributed by atoms with E-state index in [9.17, 15) is 17.6 Å². The first-order valence-corrected chi connectivity index (χ1v) is 5.89. The molecule has 1 aromatic heterocycles. The minimum Gasteiger partial charge on any atom is -0.379 e. The lowest BCUT2D eigenvalue weighted by molar-refractivity contribution is -0.139. The van der Waals surface area contributed by atoms with Gasteiger partial charge in [-0.25, -0.2) is 4.39 Å². The van der Waals surface area contributed by atoms with Crippen LogP contribution < -0.4 is 5.32 Å². The summed E-state index contributed by atoms with van der Waals surface area (Å²) >= 11 is 0. The molecule has 2 nitrogen and oxygen atoms in total. The molecular weight excluding hydrogens is 272 g/mol. The van der Waals surface area contributed by atoms with E-state index in [0.717, 1.165) is 17.8 Å². The van der Waals surface area contributed by atoms with Crippen molar-refractivity contribution in [3.8, 4) is 0 Å². The molecule has 0 aliphatic carbocycles. The van der Waals surface area contributed by atoms with Crippen LogP contribution in [0, 0.1) is 12.7 Å². The van der Waals surface area contributed by atoms with Crippen LogP contribution in [0.5, 0.6) is 0 Å². The lowest BCUT2D eigenvalue weighted by Crippen LogP contribution is -2.09. The highest BCUT2D eigenvalue weighted by molar-refractivity contribution is 5.47. The first-order chi connectivity index (χ1) is 9.36. The second kappa shape index (κ2) is 5.48. The van der Waals surface area contributed by atoms with Crippen LogP contribution in [0.2, 0.25) is 0 Å². The van der Waals surface area contributed by atoms with Crippen molar-refractivity contribution in [3.05, 3.63) is 59.2 Å². The van der Waals surface area contributed by atoms with Crippen LogP contribution in [0.15, 0.2) is 36.4 Å². The number of anilines is 1. The number of aryl methyl sites for hydroxylation is 1. The molecule has 0 aliphatic rings. The fourth-order valence-electron chi connectivity index (χ4n) is 1.74. The van der Waals surface area contributed by atoms with Crippen LogP contribution in [0.1, 0.15) is 17.0 Å². The number of benzene rings is 1. The van der Waals surface area contributed by atoms with Crippen molar-refractivity contribution in [3.63, 3.8) is 0 Å². The van der Waals surface area contributed by atoms with E-state index in [4.69, 9.17) is 0 Å². The molecule has 0 atom stereocenters. The maximum absolute atomic E-state index is 13.1. The van der Waals surface area contributed by atoms with Gasteiger partial charge >= 0.3 is 6.18 Å². The molecule has 2 aromatic rings. The van der Waals surface area contributed by atoms with Gasteiger partial charge in [-0.1, -0.05) is 6.07 Å². The Kier molecular flexibility index (Phi) is 3.92. The van der Waals surface area contributed by atoms with E-state index in [-0.39, 0.29) is 12.2 Å². The van der Waals surface area contributed by atoms with E-state index in [1.807, 2.05) is 19.1 Å². The van der Waals surface area contributed by atoms with Crippen molar-refractivity contribution in [2.45, 2.75) is 19.6 Å². The summed E-state index contributed by atoms with van der Waals surface area (Å²) in [6, 6.07) is 8.21. The van der Waals surface area contributed by atoms with E-state index in [1.165, 1.54) is 6.07 Å². The Morgan fingerprint density at radius 3 is 2.55 bits per heavy atom. The predicted molar refractivity (Wildman–Crippen MR) is 67.7 cm³/mol. The van der Waals surface area contributed by atoms with Crippen molar-refractivity contribution < 1.29 is 17.6 Å². The summed E-state index contributed by atoms with van der Waals surface area (Å²) in [5.74, 6) is -1.28. The third-order valence-corrected chi connectivity index (χ3v) is 2.69. The number of nitrogens with one attached hydrogen (secondary N) is 1. The zero-order valence-electron chi connectivity index (χ0n) is 10.6. The number of hydrogen-bond donors (Lipinski definition) is 1. The number of pyridine rings is 1. The summed E-state index contributed by atoms with van der Waals surface area (Å²) in [5, 5.41) is 2.80. The molecule has 2 rings (SSSR count). The zero-order chi connectivity index (χ0) is 14.8. The van der Waals surface area contributed by atoms with E-state index in [2.05, 4.69) is 10.3 Å². The first-order valence-electron chi connectivity index (χ1n) is 5.89. The number of hydrogen-bond acceptors (Lipinski definition) is 2. The van der Waals surface area contributed by atoms with E-state index in [1.54, 1.807) is 6.07 Å². The zero-order valence-corrected chi connectivity index (χ0v) is 10.6. The molecule has 6 heteroatoms. The molecule has 1 heterocycles. The molecular formula is C14H12F4N2. The number of aromatic nitrogens is 1. The Labute approximate surface area is 113 Å². The molecule has 0 amide bonds. The molecule has 0 unspecified atom stereocenters. The van der Waals surface area contributed by atoms with Gasteiger partial charge in [0.1, 0.15) is 5.82 Å². The fraction of sp³-hybridized carbons (Fsp3) is 0.214. The van der Waals surface area contributed by atoms with Gasteiger partial charge in [0.25, 0.3) is 0 Å². The highest BCUT2D eigenvalue weighted by Crippen LogP contribution is 2.33. The van der Waals surface area contributed by atoms with Gasteiger partial charge in [0.05, 0.1) is 17.8 Å². The third-order valence-electron chi connectivity index (χ3n) is 2.69. The Balaban J connectivity index is 2.14. The topological polar surface area (TPSA) is 24.9 Å². The average molecular weight is 284 g/mol. The van der Waals surface area contributed by atoms with Gasteiger partial charge in [-0.05, 0) is 37.3 Å². The van der Waals surface area contributed by atoms with Crippen LogP contribution in [0.3, 0.4) is 0 Å². The molecule has 0 spiro atoms. The minimum atomic E-state index is -4.71. The molecule has 0 saturated heterocycles. The van der Waals surface area contributed by atoms with Gasteiger partial charge in [-0.2, -0.15) is 13.2 Å². The third kappa shape index (κ3) is 3.46. The maximum atomic E-state index is 13.1. The lowest BCUT2D eigenvalue weighted by Gasteiger charge is -2.11. The Morgan fingerprint density at radius 1 is 1.15 bits per heavy atom. The predicted octanol–water partition coefficient (Wildman–Crippen LogP) is 4.16. The standard InChI is InChI=1S/C14H12F4N2/c1-9-3-2-4-11(20-9)8-19-10-5-6-13(15)12(7-10)14(16,17)18/h2-7,19H,8H2,1H3. The van der Waals surface area contributed by atoms with Gasteiger partial charge in [0.15, 0.2) is 0 Å². The largest absolute Gasteiger partial charge is 0.419 e. The molecule has 1 N–H and O–H groups in total. The first kappa shape index (κ1) is 14.3. The highest BCUT2D eigenvalue weighted by atomic mass is 19.4.